The van der Waals surface area contributed by atoms with E-state index in [1.807, 2.05) is 45.2 Å². The van der Waals surface area contributed by atoms with Gasteiger partial charge in [-0.15, -0.1) is 0 Å². The number of pyridine rings is 1. The first kappa shape index (κ1) is 12.5. The summed E-state index contributed by atoms with van der Waals surface area (Å²) in [5, 5.41) is 0. The van der Waals surface area contributed by atoms with Crippen LogP contribution >= 0.6 is 0 Å². The second-order valence-electron chi connectivity index (χ2n) is 3.36. The van der Waals surface area contributed by atoms with Crippen LogP contribution < -0.4 is 4.74 Å². The van der Waals surface area contributed by atoms with Gasteiger partial charge in [0.2, 0.25) is 5.88 Å². The van der Waals surface area contributed by atoms with E-state index in [0.29, 0.717) is 5.88 Å². The molecule has 16 heavy (non-hydrogen) atoms. The molecule has 1 heterocycles. The Kier molecular flexibility index (Phi) is 5.34. The van der Waals surface area contributed by atoms with E-state index in [0.717, 1.165) is 24.2 Å². The highest BCUT2D eigenvalue weighted by molar-refractivity contribution is 5.23. The van der Waals surface area contributed by atoms with Gasteiger partial charge in [0.05, 0.1) is 0 Å². The molecule has 0 amide bonds. The van der Waals surface area contributed by atoms with E-state index in [4.69, 9.17) is 4.74 Å². The van der Waals surface area contributed by atoms with Crippen molar-refractivity contribution in [1.29, 1.82) is 0 Å². The van der Waals surface area contributed by atoms with Gasteiger partial charge in [-0.05, 0) is 37.5 Å². The lowest BCUT2D eigenvalue weighted by Crippen LogP contribution is -1.96. The number of nitrogens with zero attached hydrogens (tertiary/aromatic N) is 1. The Balaban J connectivity index is 0.000000606. The first-order valence-electron chi connectivity index (χ1n) is 5.82. The lowest BCUT2D eigenvalue weighted by Gasteiger charge is -2.08. The molecule has 1 aromatic rings. The fraction of sp³-hybridized carbons (Fsp3) is 0.357. The van der Waals surface area contributed by atoms with E-state index in [1.54, 1.807) is 0 Å². The molecule has 1 aliphatic carbocycles. The molecule has 2 nitrogen and oxygen atoms in total. The Morgan fingerprint density at radius 1 is 1.19 bits per heavy atom. The van der Waals surface area contributed by atoms with Gasteiger partial charge in [0.15, 0.2) is 0 Å². The van der Waals surface area contributed by atoms with Crippen molar-refractivity contribution in [2.45, 2.75) is 33.6 Å². The summed E-state index contributed by atoms with van der Waals surface area (Å²) in [7, 11) is 0. The monoisotopic (exact) mass is 217 g/mol. The van der Waals surface area contributed by atoms with E-state index in [1.165, 1.54) is 0 Å². The molecule has 0 spiro atoms. The van der Waals surface area contributed by atoms with E-state index < -0.39 is 0 Å². The SMILES string of the molecule is CC.Cc1ccc(OC2=CCCC=C2)nc1. The topological polar surface area (TPSA) is 22.1 Å². The third kappa shape index (κ3) is 3.89. The summed E-state index contributed by atoms with van der Waals surface area (Å²) >= 11 is 0. The normalized spacial score (nSPS) is 13.6. The molecule has 0 fully saturated rings. The zero-order valence-electron chi connectivity index (χ0n) is 10.2. The third-order valence-electron chi connectivity index (χ3n) is 2.07. The Bertz CT molecular complexity index is 363. The van der Waals surface area contributed by atoms with Crippen LogP contribution in [0, 0.1) is 6.92 Å². The average molecular weight is 217 g/mol. The van der Waals surface area contributed by atoms with Gasteiger partial charge in [-0.25, -0.2) is 4.98 Å². The Hall–Kier alpha value is -1.57. The summed E-state index contributed by atoms with van der Waals surface area (Å²) in [5.74, 6) is 1.56. The maximum absolute atomic E-state index is 5.57. The fourth-order valence-corrected chi connectivity index (χ4v) is 1.30. The number of rotatable bonds is 2. The van der Waals surface area contributed by atoms with Crippen molar-refractivity contribution in [1.82, 2.24) is 4.98 Å². The predicted octanol–water partition coefficient (Wildman–Crippen LogP) is 4.03. The first-order chi connectivity index (χ1) is 7.84. The molecule has 1 aliphatic rings. The van der Waals surface area contributed by atoms with Crippen LogP contribution in [0.2, 0.25) is 0 Å². The van der Waals surface area contributed by atoms with Gasteiger partial charge in [-0.3, -0.25) is 0 Å². The van der Waals surface area contributed by atoms with Gasteiger partial charge in [0, 0.05) is 12.3 Å². The molecule has 2 rings (SSSR count). The highest BCUT2D eigenvalue weighted by Crippen LogP contribution is 2.15. The third-order valence-corrected chi connectivity index (χ3v) is 2.07. The van der Waals surface area contributed by atoms with Crippen LogP contribution in [0.4, 0.5) is 0 Å². The minimum absolute atomic E-state index is 0.661. The molecular formula is C14H19NO. The van der Waals surface area contributed by atoms with Gasteiger partial charge in [-0.1, -0.05) is 26.0 Å². The van der Waals surface area contributed by atoms with Gasteiger partial charge >= 0.3 is 0 Å². The fourth-order valence-electron chi connectivity index (χ4n) is 1.30. The average Bonchev–Trinajstić information content (AvgIpc) is 2.36. The summed E-state index contributed by atoms with van der Waals surface area (Å²) in [6, 6.07) is 3.88. The van der Waals surface area contributed by atoms with Crippen molar-refractivity contribution >= 4 is 0 Å². The second-order valence-corrected chi connectivity index (χ2v) is 3.36. The molecule has 2 heteroatoms. The first-order valence-corrected chi connectivity index (χ1v) is 5.82. The Morgan fingerprint density at radius 2 is 2.00 bits per heavy atom. The van der Waals surface area contributed by atoms with Gasteiger partial charge < -0.3 is 4.74 Å². The molecule has 0 saturated carbocycles. The molecule has 0 N–H and O–H groups in total. The lowest BCUT2D eigenvalue weighted by atomic mass is 10.2. The molecule has 86 valence electrons. The van der Waals surface area contributed by atoms with Crippen LogP contribution in [0.25, 0.3) is 0 Å². The molecular weight excluding hydrogens is 198 g/mol. The van der Waals surface area contributed by atoms with Crippen LogP contribution in [0.5, 0.6) is 5.88 Å². The summed E-state index contributed by atoms with van der Waals surface area (Å²) in [4.78, 5) is 4.18. The molecule has 1 aromatic heterocycles. The minimum Gasteiger partial charge on any atom is -0.439 e. The largest absolute Gasteiger partial charge is 0.439 e. The van der Waals surface area contributed by atoms with Crippen molar-refractivity contribution in [3.63, 3.8) is 0 Å². The van der Waals surface area contributed by atoms with E-state index in [-0.39, 0.29) is 0 Å². The summed E-state index contributed by atoms with van der Waals surface area (Å²) in [6.07, 6.45) is 10.2. The van der Waals surface area contributed by atoms with Gasteiger partial charge in [0.1, 0.15) is 5.76 Å². The molecule has 0 aliphatic heterocycles. The Labute approximate surface area is 97.7 Å². The smallest absolute Gasteiger partial charge is 0.219 e. The molecule has 0 bridgehead atoms. The standard InChI is InChI=1S/C12H13NO.C2H6/c1-10-7-8-12(13-9-10)14-11-5-3-2-4-6-11;1-2/h3,5-9H,2,4H2,1H3;1-2H3. The summed E-state index contributed by atoms with van der Waals surface area (Å²) < 4.78 is 5.57. The molecule has 0 atom stereocenters. The predicted molar refractivity (Wildman–Crippen MR) is 67.4 cm³/mol. The highest BCUT2D eigenvalue weighted by Gasteiger charge is 2.00. The maximum atomic E-state index is 5.57. The van der Waals surface area contributed by atoms with Gasteiger partial charge in [-0.2, -0.15) is 0 Å². The van der Waals surface area contributed by atoms with Gasteiger partial charge in [0.25, 0.3) is 0 Å². The van der Waals surface area contributed by atoms with Crippen molar-refractivity contribution in [2.75, 3.05) is 0 Å². The number of allylic oxidation sites excluding steroid dienone is 3. The second kappa shape index (κ2) is 6.83. The van der Waals surface area contributed by atoms with Crippen molar-refractivity contribution in [3.05, 3.63) is 47.9 Å². The number of ether oxygens (including phenoxy) is 1. The molecule has 0 radical (unpaired) electrons. The molecule has 0 saturated heterocycles. The number of hydrogen-bond donors (Lipinski definition) is 0. The number of aromatic nitrogens is 1. The van der Waals surface area contributed by atoms with Crippen molar-refractivity contribution < 1.29 is 4.74 Å². The van der Waals surface area contributed by atoms with E-state index in [9.17, 15) is 0 Å². The molecule has 0 aromatic carbocycles. The summed E-state index contributed by atoms with van der Waals surface area (Å²) in [5.41, 5.74) is 1.14. The zero-order valence-corrected chi connectivity index (χ0v) is 10.2. The number of hydrogen-bond acceptors (Lipinski definition) is 2. The quantitative estimate of drug-likeness (QED) is 0.746. The van der Waals surface area contributed by atoms with Crippen LogP contribution in [0.3, 0.4) is 0 Å². The number of aryl methyl sites for hydroxylation is 1. The van der Waals surface area contributed by atoms with E-state index in [2.05, 4.69) is 17.1 Å². The van der Waals surface area contributed by atoms with Crippen LogP contribution in [0.1, 0.15) is 32.3 Å². The Morgan fingerprint density at radius 3 is 2.56 bits per heavy atom. The van der Waals surface area contributed by atoms with Crippen molar-refractivity contribution in [2.24, 2.45) is 0 Å². The van der Waals surface area contributed by atoms with E-state index >= 15 is 0 Å². The van der Waals surface area contributed by atoms with Crippen molar-refractivity contribution in [3.8, 4) is 5.88 Å². The van der Waals surface area contributed by atoms with Crippen LogP contribution in [-0.2, 0) is 0 Å². The summed E-state index contributed by atoms with van der Waals surface area (Å²) in [6.45, 7) is 6.01. The minimum atomic E-state index is 0.661. The lowest BCUT2D eigenvalue weighted by molar-refractivity contribution is 0.421. The highest BCUT2D eigenvalue weighted by atomic mass is 16.5. The van der Waals surface area contributed by atoms with Crippen LogP contribution in [0.15, 0.2) is 42.3 Å². The molecule has 0 unspecified atom stereocenters. The maximum Gasteiger partial charge on any atom is 0.219 e. The van der Waals surface area contributed by atoms with Crippen LogP contribution in [-0.4, -0.2) is 4.98 Å². The zero-order chi connectivity index (χ0) is 11.8.